The molecule has 0 aliphatic carbocycles. The van der Waals surface area contributed by atoms with Gasteiger partial charge in [-0.25, -0.2) is 10.2 Å². The van der Waals surface area contributed by atoms with Gasteiger partial charge >= 0.3 is 6.01 Å². The molecule has 2 aromatic rings. The van der Waals surface area contributed by atoms with Crippen LogP contribution >= 0.6 is 0 Å². The summed E-state index contributed by atoms with van der Waals surface area (Å²) in [5.74, 6) is 4.72. The highest BCUT2D eigenvalue weighted by Gasteiger charge is 2.11. The Morgan fingerprint density at radius 3 is 2.71 bits per heavy atom. The zero-order valence-electron chi connectivity index (χ0n) is 7.07. The van der Waals surface area contributed by atoms with E-state index in [4.69, 9.17) is 10.3 Å². The van der Waals surface area contributed by atoms with E-state index in [9.17, 15) is 4.39 Å². The van der Waals surface area contributed by atoms with Gasteiger partial charge in [-0.3, -0.25) is 5.43 Å². The summed E-state index contributed by atoms with van der Waals surface area (Å²) < 4.78 is 18.2. The van der Waals surface area contributed by atoms with Gasteiger partial charge in [-0.1, -0.05) is 17.2 Å². The molecule has 0 saturated heterocycles. The Morgan fingerprint density at radius 1 is 1.29 bits per heavy atom. The van der Waals surface area contributed by atoms with Crippen molar-refractivity contribution in [2.75, 3.05) is 5.43 Å². The Labute approximate surface area is 78.7 Å². The highest BCUT2D eigenvalue weighted by Crippen LogP contribution is 2.21. The Bertz CT molecular complexity index is 442. The summed E-state index contributed by atoms with van der Waals surface area (Å²) in [6.45, 7) is 0. The molecule has 0 saturated carbocycles. The summed E-state index contributed by atoms with van der Waals surface area (Å²) in [6.07, 6.45) is 0. The first-order chi connectivity index (χ1) is 6.81. The number of anilines is 1. The number of rotatable bonds is 2. The van der Waals surface area contributed by atoms with Crippen molar-refractivity contribution in [2.24, 2.45) is 5.84 Å². The number of aromatic nitrogens is 2. The Kier molecular flexibility index (Phi) is 2.11. The van der Waals surface area contributed by atoms with E-state index in [1.807, 2.05) is 0 Å². The van der Waals surface area contributed by atoms with Crippen molar-refractivity contribution in [1.29, 1.82) is 0 Å². The lowest BCUT2D eigenvalue weighted by Crippen LogP contribution is -2.06. The molecule has 0 aliphatic heterocycles. The molecule has 0 aliphatic rings. The van der Waals surface area contributed by atoms with E-state index < -0.39 is 5.82 Å². The monoisotopic (exact) mass is 194 g/mol. The second-order valence-corrected chi connectivity index (χ2v) is 2.54. The Balaban J connectivity index is 2.44. The Hall–Kier alpha value is -1.95. The van der Waals surface area contributed by atoms with Gasteiger partial charge in [-0.2, -0.15) is 0 Å². The molecule has 6 heteroatoms. The van der Waals surface area contributed by atoms with Crippen molar-refractivity contribution in [2.45, 2.75) is 0 Å². The summed E-state index contributed by atoms with van der Waals surface area (Å²) in [6, 6.07) is 6.16. The number of nitrogens with one attached hydrogen (secondary N) is 1. The standard InChI is InChI=1S/C8H7FN4O/c9-6-4-2-1-3-5(6)7-12-13-8(11-10)14-7/h1-4H,10H2,(H,11,13). The van der Waals surface area contributed by atoms with Gasteiger partial charge in [0, 0.05) is 0 Å². The average molecular weight is 194 g/mol. The van der Waals surface area contributed by atoms with Crippen molar-refractivity contribution >= 4 is 6.01 Å². The van der Waals surface area contributed by atoms with Crippen LogP contribution in [0, 0.1) is 5.82 Å². The van der Waals surface area contributed by atoms with Crippen LogP contribution in [0.25, 0.3) is 11.5 Å². The summed E-state index contributed by atoms with van der Waals surface area (Å²) in [5, 5.41) is 7.15. The van der Waals surface area contributed by atoms with Crippen LogP contribution in [-0.2, 0) is 0 Å². The minimum absolute atomic E-state index is 0.0447. The predicted octanol–water partition coefficient (Wildman–Crippen LogP) is 1.16. The number of benzene rings is 1. The van der Waals surface area contributed by atoms with E-state index in [-0.39, 0.29) is 17.5 Å². The third-order valence-corrected chi connectivity index (χ3v) is 1.65. The van der Waals surface area contributed by atoms with E-state index in [2.05, 4.69) is 15.6 Å². The van der Waals surface area contributed by atoms with Crippen LogP contribution in [0.5, 0.6) is 0 Å². The Morgan fingerprint density at radius 2 is 2.07 bits per heavy atom. The first-order valence-electron chi connectivity index (χ1n) is 3.86. The molecule has 0 atom stereocenters. The van der Waals surface area contributed by atoms with Gasteiger partial charge in [0.2, 0.25) is 0 Å². The van der Waals surface area contributed by atoms with Crippen LogP contribution in [0.3, 0.4) is 0 Å². The SMILES string of the molecule is NNc1nnc(-c2ccccc2F)o1. The highest BCUT2D eigenvalue weighted by molar-refractivity contribution is 5.53. The molecule has 5 nitrogen and oxygen atoms in total. The number of hydrogen-bond acceptors (Lipinski definition) is 5. The van der Waals surface area contributed by atoms with E-state index in [0.29, 0.717) is 0 Å². The van der Waals surface area contributed by atoms with Crippen LogP contribution in [0.4, 0.5) is 10.4 Å². The van der Waals surface area contributed by atoms with Gasteiger partial charge in [-0.15, -0.1) is 5.10 Å². The molecule has 0 radical (unpaired) electrons. The summed E-state index contributed by atoms with van der Waals surface area (Å²) in [5.41, 5.74) is 2.43. The topological polar surface area (TPSA) is 77.0 Å². The summed E-state index contributed by atoms with van der Waals surface area (Å²) in [7, 11) is 0. The minimum Gasteiger partial charge on any atom is -0.402 e. The number of nitrogens with zero attached hydrogens (tertiary/aromatic N) is 2. The molecule has 1 aromatic carbocycles. The van der Waals surface area contributed by atoms with Crippen molar-refractivity contribution in [3.8, 4) is 11.5 Å². The molecule has 0 spiro atoms. The van der Waals surface area contributed by atoms with Crippen molar-refractivity contribution in [1.82, 2.24) is 10.2 Å². The number of hydrazine groups is 1. The maximum absolute atomic E-state index is 13.2. The second-order valence-electron chi connectivity index (χ2n) is 2.54. The summed E-state index contributed by atoms with van der Waals surface area (Å²) >= 11 is 0. The number of hydrogen-bond donors (Lipinski definition) is 2. The fourth-order valence-electron chi connectivity index (χ4n) is 1.03. The molecule has 0 amide bonds. The number of nitrogen functional groups attached to an aromatic ring is 1. The smallest absolute Gasteiger partial charge is 0.330 e. The predicted molar refractivity (Wildman–Crippen MR) is 47.5 cm³/mol. The van der Waals surface area contributed by atoms with Crippen LogP contribution in [0.2, 0.25) is 0 Å². The largest absolute Gasteiger partial charge is 0.402 e. The van der Waals surface area contributed by atoms with Crippen LogP contribution in [0.15, 0.2) is 28.7 Å². The normalized spacial score (nSPS) is 10.1. The lowest BCUT2D eigenvalue weighted by molar-refractivity contribution is 0.569. The molecule has 0 bridgehead atoms. The first kappa shape index (κ1) is 8.64. The molecular weight excluding hydrogens is 187 g/mol. The van der Waals surface area contributed by atoms with Crippen molar-refractivity contribution in [3.05, 3.63) is 30.1 Å². The molecule has 2 rings (SSSR count). The average Bonchev–Trinajstić information content (AvgIpc) is 2.67. The summed E-state index contributed by atoms with van der Waals surface area (Å²) in [4.78, 5) is 0. The fraction of sp³-hybridized carbons (Fsp3) is 0. The van der Waals surface area contributed by atoms with Crippen LogP contribution < -0.4 is 11.3 Å². The quantitative estimate of drug-likeness (QED) is 0.554. The van der Waals surface area contributed by atoms with Gasteiger partial charge < -0.3 is 4.42 Å². The molecule has 0 fully saturated rings. The lowest BCUT2D eigenvalue weighted by Gasteiger charge is -1.95. The second kappa shape index (κ2) is 3.43. The van der Waals surface area contributed by atoms with Crippen molar-refractivity contribution < 1.29 is 8.81 Å². The maximum atomic E-state index is 13.2. The van der Waals surface area contributed by atoms with Crippen molar-refractivity contribution in [3.63, 3.8) is 0 Å². The molecule has 3 N–H and O–H groups in total. The van der Waals surface area contributed by atoms with E-state index >= 15 is 0 Å². The third-order valence-electron chi connectivity index (χ3n) is 1.65. The van der Waals surface area contributed by atoms with Gasteiger partial charge in [0.05, 0.1) is 5.56 Å². The van der Waals surface area contributed by atoms with Gasteiger partial charge in [-0.05, 0) is 12.1 Å². The van der Waals surface area contributed by atoms with E-state index in [0.717, 1.165) is 0 Å². The van der Waals surface area contributed by atoms with Crippen LogP contribution in [0.1, 0.15) is 0 Å². The van der Waals surface area contributed by atoms with Gasteiger partial charge in [0.1, 0.15) is 5.82 Å². The highest BCUT2D eigenvalue weighted by atomic mass is 19.1. The van der Waals surface area contributed by atoms with Crippen LogP contribution in [-0.4, -0.2) is 10.2 Å². The molecule has 1 heterocycles. The number of halogens is 1. The first-order valence-corrected chi connectivity index (χ1v) is 3.86. The van der Waals surface area contributed by atoms with E-state index in [1.165, 1.54) is 6.07 Å². The molecule has 1 aromatic heterocycles. The lowest BCUT2D eigenvalue weighted by atomic mass is 10.2. The number of nitrogens with two attached hydrogens (primary N) is 1. The molecule has 14 heavy (non-hydrogen) atoms. The zero-order chi connectivity index (χ0) is 9.97. The maximum Gasteiger partial charge on any atom is 0.330 e. The molecule has 72 valence electrons. The zero-order valence-corrected chi connectivity index (χ0v) is 7.07. The minimum atomic E-state index is -0.417. The fourth-order valence-corrected chi connectivity index (χ4v) is 1.03. The molecular formula is C8H7FN4O. The molecule has 0 unspecified atom stereocenters. The van der Waals surface area contributed by atoms with Gasteiger partial charge in [0.15, 0.2) is 0 Å². The van der Waals surface area contributed by atoms with E-state index in [1.54, 1.807) is 18.2 Å². The van der Waals surface area contributed by atoms with Gasteiger partial charge in [0.25, 0.3) is 5.89 Å². The third kappa shape index (κ3) is 1.42.